The summed E-state index contributed by atoms with van der Waals surface area (Å²) in [6.45, 7) is 8.20. The fourth-order valence-corrected chi connectivity index (χ4v) is 1.33. The van der Waals surface area contributed by atoms with Crippen molar-refractivity contribution in [1.82, 2.24) is 0 Å². The average Bonchev–Trinajstić information content (AvgIpc) is 2.08. The van der Waals surface area contributed by atoms with E-state index in [1.165, 1.54) is 0 Å². The summed E-state index contributed by atoms with van der Waals surface area (Å²) in [5.74, 6) is 0.428. The molecule has 0 saturated carbocycles. The Morgan fingerprint density at radius 3 is 2.31 bits per heavy atom. The Morgan fingerprint density at radius 1 is 1.23 bits per heavy atom. The van der Waals surface area contributed by atoms with Crippen molar-refractivity contribution in [1.29, 1.82) is 0 Å². The predicted octanol–water partition coefficient (Wildman–Crippen LogP) is 4.66. The molecule has 1 aromatic carbocycles. The molecule has 0 aliphatic rings. The molecule has 0 N–H and O–H groups in total. The van der Waals surface area contributed by atoms with Crippen LogP contribution < -0.4 is 0 Å². The summed E-state index contributed by atoms with van der Waals surface area (Å²) < 4.78 is 0. The Morgan fingerprint density at radius 2 is 1.85 bits per heavy atom. The van der Waals surface area contributed by atoms with E-state index in [4.69, 9.17) is 23.2 Å². The molecule has 0 radical (unpaired) electrons. The normalized spacial score (nSPS) is 10.5. The number of hydrogen-bond donors (Lipinski definition) is 0. The highest BCUT2D eigenvalue weighted by molar-refractivity contribution is 6.42. The molecule has 0 nitrogen and oxygen atoms in total. The van der Waals surface area contributed by atoms with Gasteiger partial charge >= 0.3 is 0 Å². The molecule has 0 fully saturated rings. The Bertz CT molecular complexity index is 327. The lowest BCUT2D eigenvalue weighted by Gasteiger charge is -2.10. The van der Waals surface area contributed by atoms with Crippen LogP contribution in [-0.4, -0.2) is 0 Å². The summed E-state index contributed by atoms with van der Waals surface area (Å²) in [4.78, 5) is 0. The van der Waals surface area contributed by atoms with Gasteiger partial charge in [0.05, 0.1) is 10.0 Å². The molecule has 0 unspecified atom stereocenters. The van der Waals surface area contributed by atoms with E-state index in [9.17, 15) is 0 Å². The summed E-state index contributed by atoms with van der Waals surface area (Å²) >= 11 is 11.7. The van der Waals surface area contributed by atoms with Gasteiger partial charge < -0.3 is 0 Å². The molecule has 0 atom stereocenters. The topological polar surface area (TPSA) is 0 Å². The quantitative estimate of drug-likeness (QED) is 0.672. The largest absolute Gasteiger partial charge is 0.0950 e. The molecular weight excluding hydrogens is 203 g/mol. The van der Waals surface area contributed by atoms with Crippen molar-refractivity contribution in [3.8, 4) is 0 Å². The van der Waals surface area contributed by atoms with Gasteiger partial charge in [-0.3, -0.25) is 0 Å². The van der Waals surface area contributed by atoms with Gasteiger partial charge in [-0.05, 0) is 29.2 Å². The number of allylic oxidation sites excluding steroid dienone is 1. The van der Waals surface area contributed by atoms with Crippen LogP contribution in [0.5, 0.6) is 0 Å². The van der Waals surface area contributed by atoms with Gasteiger partial charge in [-0.1, -0.05) is 49.7 Å². The molecule has 1 rings (SSSR count). The van der Waals surface area contributed by atoms with Crippen LogP contribution in [0.2, 0.25) is 10.0 Å². The third kappa shape index (κ3) is 2.49. The minimum absolute atomic E-state index is 0.428. The molecular formula is C11H12Cl2. The molecule has 0 bridgehead atoms. The van der Waals surface area contributed by atoms with E-state index in [0.29, 0.717) is 16.0 Å². The van der Waals surface area contributed by atoms with Crippen molar-refractivity contribution in [3.63, 3.8) is 0 Å². The molecule has 0 amide bonds. The maximum absolute atomic E-state index is 5.89. The Hall–Kier alpha value is -0.460. The maximum Gasteiger partial charge on any atom is 0.0598 e. The van der Waals surface area contributed by atoms with Gasteiger partial charge in [-0.15, -0.1) is 0 Å². The average molecular weight is 215 g/mol. The van der Waals surface area contributed by atoms with Gasteiger partial charge in [-0.25, -0.2) is 0 Å². The molecule has 0 spiro atoms. The van der Waals surface area contributed by atoms with E-state index in [0.717, 1.165) is 11.1 Å². The fraction of sp³-hybridized carbons (Fsp3) is 0.273. The van der Waals surface area contributed by atoms with E-state index < -0.39 is 0 Å². The maximum atomic E-state index is 5.89. The van der Waals surface area contributed by atoms with E-state index in [1.54, 1.807) is 6.07 Å². The first kappa shape index (κ1) is 10.6. The van der Waals surface area contributed by atoms with Gasteiger partial charge in [-0.2, -0.15) is 0 Å². The van der Waals surface area contributed by atoms with Gasteiger partial charge in [0.25, 0.3) is 0 Å². The molecule has 0 heterocycles. The Balaban J connectivity index is 3.04. The number of hydrogen-bond acceptors (Lipinski definition) is 0. The highest BCUT2D eigenvalue weighted by atomic mass is 35.5. The van der Waals surface area contributed by atoms with Crippen molar-refractivity contribution in [2.24, 2.45) is 5.92 Å². The van der Waals surface area contributed by atoms with Crippen molar-refractivity contribution in [2.75, 3.05) is 0 Å². The molecule has 13 heavy (non-hydrogen) atoms. The van der Waals surface area contributed by atoms with Gasteiger partial charge in [0.15, 0.2) is 0 Å². The number of benzene rings is 1. The zero-order valence-corrected chi connectivity index (χ0v) is 9.28. The van der Waals surface area contributed by atoms with Crippen molar-refractivity contribution in [3.05, 3.63) is 40.4 Å². The van der Waals surface area contributed by atoms with Gasteiger partial charge in [0, 0.05) is 0 Å². The second-order valence-electron chi connectivity index (χ2n) is 3.31. The fourth-order valence-electron chi connectivity index (χ4n) is 1.03. The van der Waals surface area contributed by atoms with Gasteiger partial charge in [0.2, 0.25) is 0 Å². The summed E-state index contributed by atoms with van der Waals surface area (Å²) in [5, 5.41) is 1.17. The Labute approximate surface area is 89.2 Å². The molecule has 0 aliphatic heterocycles. The summed E-state index contributed by atoms with van der Waals surface area (Å²) in [6.07, 6.45) is 0. The van der Waals surface area contributed by atoms with E-state index in [-0.39, 0.29) is 0 Å². The molecule has 70 valence electrons. The number of halogens is 2. The summed E-state index contributed by atoms with van der Waals surface area (Å²) in [5.41, 5.74) is 2.14. The first-order valence-electron chi connectivity index (χ1n) is 4.16. The first-order chi connectivity index (χ1) is 6.02. The molecule has 2 heteroatoms. The Kier molecular flexibility index (Phi) is 3.40. The van der Waals surface area contributed by atoms with Crippen LogP contribution in [0.4, 0.5) is 0 Å². The first-order valence-corrected chi connectivity index (χ1v) is 4.92. The van der Waals surface area contributed by atoms with Crippen LogP contribution in [0.25, 0.3) is 5.57 Å². The van der Waals surface area contributed by atoms with Crippen molar-refractivity contribution < 1.29 is 0 Å². The molecule has 0 aliphatic carbocycles. The third-order valence-electron chi connectivity index (χ3n) is 1.99. The SMILES string of the molecule is C=C(c1ccc(Cl)c(Cl)c1)C(C)C. The molecule has 0 aromatic heterocycles. The van der Waals surface area contributed by atoms with Crippen LogP contribution in [0.3, 0.4) is 0 Å². The predicted molar refractivity (Wildman–Crippen MR) is 60.3 cm³/mol. The van der Waals surface area contributed by atoms with Gasteiger partial charge in [0.1, 0.15) is 0 Å². The summed E-state index contributed by atoms with van der Waals surface area (Å²) in [6, 6.07) is 5.59. The van der Waals surface area contributed by atoms with Crippen molar-refractivity contribution in [2.45, 2.75) is 13.8 Å². The second kappa shape index (κ2) is 4.17. The van der Waals surface area contributed by atoms with Crippen LogP contribution in [0.15, 0.2) is 24.8 Å². The van der Waals surface area contributed by atoms with Crippen LogP contribution >= 0.6 is 23.2 Å². The number of rotatable bonds is 2. The zero-order chi connectivity index (χ0) is 10.0. The van der Waals surface area contributed by atoms with E-state index >= 15 is 0 Å². The van der Waals surface area contributed by atoms with Crippen LogP contribution in [0, 0.1) is 5.92 Å². The van der Waals surface area contributed by atoms with E-state index in [2.05, 4.69) is 20.4 Å². The smallest absolute Gasteiger partial charge is 0.0598 e. The highest BCUT2D eigenvalue weighted by Gasteiger charge is 2.05. The summed E-state index contributed by atoms with van der Waals surface area (Å²) in [7, 11) is 0. The van der Waals surface area contributed by atoms with Crippen molar-refractivity contribution >= 4 is 28.8 Å². The van der Waals surface area contributed by atoms with Crippen LogP contribution in [-0.2, 0) is 0 Å². The minimum atomic E-state index is 0.428. The lowest BCUT2D eigenvalue weighted by Crippen LogP contribution is -1.91. The minimum Gasteiger partial charge on any atom is -0.0950 e. The van der Waals surface area contributed by atoms with Crippen LogP contribution in [0.1, 0.15) is 19.4 Å². The monoisotopic (exact) mass is 214 g/mol. The molecule has 0 saturated heterocycles. The zero-order valence-electron chi connectivity index (χ0n) is 7.77. The standard InChI is InChI=1S/C11H12Cl2/c1-7(2)8(3)9-4-5-10(12)11(13)6-9/h4-7H,3H2,1-2H3. The molecule has 1 aromatic rings. The lowest BCUT2D eigenvalue weighted by atomic mass is 9.97. The van der Waals surface area contributed by atoms with E-state index in [1.807, 2.05) is 12.1 Å². The highest BCUT2D eigenvalue weighted by Crippen LogP contribution is 2.28. The third-order valence-corrected chi connectivity index (χ3v) is 2.73. The lowest BCUT2D eigenvalue weighted by molar-refractivity contribution is 0.858. The second-order valence-corrected chi connectivity index (χ2v) is 4.12.